The minimum Gasteiger partial charge on any atom is -0.355 e. The van der Waals surface area contributed by atoms with Crippen molar-refractivity contribution in [2.24, 2.45) is 0 Å². The third-order valence-corrected chi connectivity index (χ3v) is 4.63. The van der Waals surface area contributed by atoms with Crippen LogP contribution in [0.25, 0.3) is 0 Å². The lowest BCUT2D eigenvalue weighted by Gasteiger charge is -2.23. The minimum atomic E-state index is -0.319. The molecule has 4 nitrogen and oxygen atoms in total. The number of hydrogen-bond donors (Lipinski definition) is 1. The van der Waals surface area contributed by atoms with Crippen molar-refractivity contribution in [1.82, 2.24) is 9.88 Å². The second-order valence-electron chi connectivity index (χ2n) is 6.27. The smallest absolute Gasteiger partial charge is 0.196 e. The van der Waals surface area contributed by atoms with Crippen molar-refractivity contribution in [2.45, 2.75) is 40.3 Å². The molecule has 0 saturated heterocycles. The van der Waals surface area contributed by atoms with Gasteiger partial charge < -0.3 is 4.98 Å². The minimum absolute atomic E-state index is 0.0207. The monoisotopic (exact) mass is 346 g/mol. The molecule has 0 amide bonds. The number of benzene rings is 1. The first-order valence-electron chi connectivity index (χ1n) is 7.91. The first kappa shape index (κ1) is 18.4. The number of likely N-dealkylation sites (N-methyl/N-ethyl adjacent to an activating group) is 1. The van der Waals surface area contributed by atoms with E-state index in [1.54, 1.807) is 0 Å². The Hall–Kier alpha value is -1.91. The lowest BCUT2D eigenvalue weighted by atomic mass is 10.0. The van der Waals surface area contributed by atoms with Crippen molar-refractivity contribution in [3.05, 3.63) is 57.4 Å². The van der Waals surface area contributed by atoms with E-state index < -0.39 is 0 Å². The molecule has 1 heterocycles. The normalized spacial score (nSPS) is 12.5. The Balaban J connectivity index is 2.20. The number of halogens is 1. The van der Waals surface area contributed by atoms with Crippen molar-refractivity contribution in [2.75, 3.05) is 7.05 Å². The van der Waals surface area contributed by atoms with Gasteiger partial charge in [0.2, 0.25) is 0 Å². The highest BCUT2D eigenvalue weighted by Crippen LogP contribution is 2.21. The van der Waals surface area contributed by atoms with Crippen molar-refractivity contribution in [1.29, 1.82) is 0 Å². The highest BCUT2D eigenvalue weighted by molar-refractivity contribution is 6.30. The van der Waals surface area contributed by atoms with Crippen LogP contribution in [-0.4, -0.2) is 34.5 Å². The summed E-state index contributed by atoms with van der Waals surface area (Å²) in [4.78, 5) is 29.6. The summed E-state index contributed by atoms with van der Waals surface area (Å²) in [6.45, 7) is 7.64. The number of H-pyrrole nitrogens is 1. The van der Waals surface area contributed by atoms with Crippen molar-refractivity contribution >= 4 is 23.2 Å². The molecule has 0 bridgehead atoms. The Bertz CT molecular complexity index is 780. The molecule has 0 saturated carbocycles. The van der Waals surface area contributed by atoms with Crippen molar-refractivity contribution < 1.29 is 9.59 Å². The zero-order valence-electron chi connectivity index (χ0n) is 14.7. The first-order chi connectivity index (χ1) is 11.2. The zero-order chi connectivity index (χ0) is 18.0. The summed E-state index contributed by atoms with van der Waals surface area (Å²) in [6, 6.07) is 7.29. The molecule has 1 N–H and O–H groups in total. The fourth-order valence-corrected chi connectivity index (χ4v) is 3.21. The third-order valence-electron chi connectivity index (χ3n) is 4.40. The van der Waals surface area contributed by atoms with Crippen LogP contribution in [0.15, 0.2) is 24.3 Å². The fourth-order valence-electron chi connectivity index (χ4n) is 2.99. The third kappa shape index (κ3) is 3.77. The molecule has 0 aliphatic carbocycles. The van der Waals surface area contributed by atoms with Gasteiger partial charge in [-0.05, 0) is 58.0 Å². The van der Waals surface area contributed by atoms with E-state index in [4.69, 9.17) is 11.6 Å². The van der Waals surface area contributed by atoms with Gasteiger partial charge in [0.25, 0.3) is 0 Å². The average Bonchev–Trinajstić information content (AvgIpc) is 2.80. The van der Waals surface area contributed by atoms with E-state index in [-0.39, 0.29) is 17.6 Å². The molecule has 1 aromatic heterocycles. The summed E-state index contributed by atoms with van der Waals surface area (Å²) in [5.74, 6) is -0.0483. The second kappa shape index (κ2) is 7.32. The molecule has 0 aliphatic heterocycles. The number of nitrogens with zero attached hydrogens (tertiary/aromatic N) is 1. The van der Waals surface area contributed by atoms with Crippen molar-refractivity contribution in [3.63, 3.8) is 0 Å². The Morgan fingerprint density at radius 3 is 2.50 bits per heavy atom. The van der Waals surface area contributed by atoms with Crippen LogP contribution in [0.1, 0.15) is 51.5 Å². The Kier molecular flexibility index (Phi) is 5.62. The molecule has 0 fully saturated rings. The van der Waals surface area contributed by atoms with Gasteiger partial charge in [0, 0.05) is 22.8 Å². The van der Waals surface area contributed by atoms with E-state index in [1.165, 1.54) is 6.92 Å². The fraction of sp³-hybridized carbons (Fsp3) is 0.368. The highest BCUT2D eigenvalue weighted by Gasteiger charge is 2.25. The largest absolute Gasteiger partial charge is 0.355 e. The summed E-state index contributed by atoms with van der Waals surface area (Å²) in [6.07, 6.45) is 0. The predicted octanol–water partition coefficient (Wildman–Crippen LogP) is 4.19. The van der Waals surface area contributed by atoms with E-state index in [9.17, 15) is 9.59 Å². The van der Waals surface area contributed by atoms with Gasteiger partial charge in [-0.15, -0.1) is 0 Å². The molecule has 0 aliphatic rings. The Morgan fingerprint density at radius 2 is 1.96 bits per heavy atom. The molecule has 0 unspecified atom stereocenters. The summed E-state index contributed by atoms with van der Waals surface area (Å²) in [7, 11) is 1.90. The van der Waals surface area contributed by atoms with Gasteiger partial charge in [-0.3, -0.25) is 14.5 Å². The second-order valence-corrected chi connectivity index (χ2v) is 6.70. The van der Waals surface area contributed by atoms with Crippen LogP contribution in [0.3, 0.4) is 0 Å². The lowest BCUT2D eigenvalue weighted by molar-refractivity contribution is 0.0856. The number of hydrogen-bond acceptors (Lipinski definition) is 3. The quantitative estimate of drug-likeness (QED) is 0.798. The molecule has 1 aromatic carbocycles. The molecule has 2 aromatic rings. The SMILES string of the molecule is CC(=O)c1c(C)[nH]c(C(=O)[C@@H](C)N(C)Cc2cccc(Cl)c2)c1C. The van der Waals surface area contributed by atoms with E-state index in [2.05, 4.69) is 4.98 Å². The average molecular weight is 347 g/mol. The van der Waals surface area contributed by atoms with E-state index in [0.717, 1.165) is 16.8 Å². The number of Topliss-reactive ketones (excluding diaryl/α,β-unsaturated/α-hetero) is 2. The van der Waals surface area contributed by atoms with Gasteiger partial charge in [0.15, 0.2) is 11.6 Å². The maximum atomic E-state index is 12.8. The van der Waals surface area contributed by atoms with Gasteiger partial charge in [-0.1, -0.05) is 23.7 Å². The molecule has 0 spiro atoms. The molecule has 0 radical (unpaired) electrons. The molecular formula is C19H23ClN2O2. The van der Waals surface area contributed by atoms with Crippen LogP contribution in [0.2, 0.25) is 5.02 Å². The van der Waals surface area contributed by atoms with Crippen LogP contribution >= 0.6 is 11.6 Å². The van der Waals surface area contributed by atoms with Crippen LogP contribution in [0, 0.1) is 13.8 Å². The van der Waals surface area contributed by atoms with E-state index in [1.807, 2.05) is 57.0 Å². The Labute approximate surface area is 147 Å². The topological polar surface area (TPSA) is 53.2 Å². The number of aromatic amines is 1. The van der Waals surface area contributed by atoms with Crippen LogP contribution < -0.4 is 0 Å². The van der Waals surface area contributed by atoms with E-state index in [0.29, 0.717) is 22.8 Å². The summed E-state index contributed by atoms with van der Waals surface area (Å²) in [5.41, 5.74) is 3.65. The standard InChI is InChI=1S/C19H23ClN2O2/c1-11-17(14(4)23)12(2)21-18(11)19(24)13(3)22(5)10-15-7-6-8-16(20)9-15/h6-9,13,21H,10H2,1-5H3/t13-/m1/s1. The molecule has 24 heavy (non-hydrogen) atoms. The molecule has 1 atom stereocenters. The molecular weight excluding hydrogens is 324 g/mol. The maximum absolute atomic E-state index is 12.8. The molecule has 5 heteroatoms. The number of aromatic nitrogens is 1. The maximum Gasteiger partial charge on any atom is 0.196 e. The van der Waals surface area contributed by atoms with Crippen molar-refractivity contribution in [3.8, 4) is 0 Å². The zero-order valence-corrected chi connectivity index (χ0v) is 15.5. The summed E-state index contributed by atoms with van der Waals surface area (Å²) in [5, 5.41) is 0.682. The number of carbonyl (C=O) groups is 2. The predicted molar refractivity (Wildman–Crippen MR) is 97.0 cm³/mol. The number of rotatable bonds is 6. The number of ketones is 2. The summed E-state index contributed by atoms with van der Waals surface area (Å²) < 4.78 is 0. The number of carbonyl (C=O) groups excluding carboxylic acids is 2. The summed E-state index contributed by atoms with van der Waals surface area (Å²) >= 11 is 6.01. The lowest BCUT2D eigenvalue weighted by Crippen LogP contribution is -2.36. The van der Waals surface area contributed by atoms with Crippen LogP contribution in [0.4, 0.5) is 0 Å². The van der Waals surface area contributed by atoms with Crippen LogP contribution in [0.5, 0.6) is 0 Å². The van der Waals surface area contributed by atoms with Gasteiger partial charge >= 0.3 is 0 Å². The highest BCUT2D eigenvalue weighted by atomic mass is 35.5. The molecule has 128 valence electrons. The van der Waals surface area contributed by atoms with E-state index >= 15 is 0 Å². The van der Waals surface area contributed by atoms with Gasteiger partial charge in [-0.2, -0.15) is 0 Å². The first-order valence-corrected chi connectivity index (χ1v) is 8.29. The number of aryl methyl sites for hydroxylation is 1. The van der Waals surface area contributed by atoms with Gasteiger partial charge in [-0.25, -0.2) is 0 Å². The van der Waals surface area contributed by atoms with Gasteiger partial charge in [0.05, 0.1) is 11.7 Å². The Morgan fingerprint density at radius 1 is 1.29 bits per heavy atom. The molecule has 2 rings (SSSR count). The van der Waals surface area contributed by atoms with Crippen LogP contribution in [-0.2, 0) is 6.54 Å². The van der Waals surface area contributed by atoms with Gasteiger partial charge in [0.1, 0.15) is 0 Å². The number of nitrogens with one attached hydrogen (secondary N) is 1.